The van der Waals surface area contributed by atoms with Gasteiger partial charge in [-0.15, -0.1) is 0 Å². The summed E-state index contributed by atoms with van der Waals surface area (Å²) in [6, 6.07) is 0. The zero-order valence-electron chi connectivity index (χ0n) is 12.3. The number of rotatable bonds is 5. The van der Waals surface area contributed by atoms with Crippen LogP contribution >= 0.6 is 0 Å². The molecule has 0 saturated heterocycles. The fourth-order valence-electron chi connectivity index (χ4n) is 3.28. The molecule has 0 spiro atoms. The Morgan fingerprint density at radius 1 is 1.26 bits per heavy atom. The molecule has 0 aromatic rings. The van der Waals surface area contributed by atoms with E-state index in [2.05, 4.69) is 25.5 Å². The van der Waals surface area contributed by atoms with Gasteiger partial charge in [0.05, 0.1) is 13.0 Å². The molecule has 19 heavy (non-hydrogen) atoms. The third kappa shape index (κ3) is 3.88. The second-order valence-corrected chi connectivity index (χ2v) is 6.12. The fraction of sp³-hybridized carbons (Fsp3) is 0.800. The number of hydrogen-bond acceptors (Lipinski definition) is 4. The van der Waals surface area contributed by atoms with Crippen molar-refractivity contribution in [1.29, 1.82) is 0 Å². The zero-order valence-corrected chi connectivity index (χ0v) is 12.3. The lowest BCUT2D eigenvalue weighted by Crippen LogP contribution is -2.40. The van der Waals surface area contributed by atoms with Crippen LogP contribution in [-0.2, 0) is 19.1 Å². The summed E-state index contributed by atoms with van der Waals surface area (Å²) in [6.45, 7) is 7.99. The Morgan fingerprint density at radius 2 is 1.89 bits per heavy atom. The number of ketones is 2. The molecule has 4 nitrogen and oxygen atoms in total. The van der Waals surface area contributed by atoms with Gasteiger partial charge in [0.2, 0.25) is 5.78 Å². The van der Waals surface area contributed by atoms with Gasteiger partial charge in [-0.1, -0.05) is 27.2 Å². The lowest BCUT2D eigenvalue weighted by Gasteiger charge is -2.41. The van der Waals surface area contributed by atoms with Crippen molar-refractivity contribution in [3.63, 3.8) is 0 Å². The SMILES string of the molecule is CCOC(=O)C(=O)CC(=O)C1C(C)CCCC1(C)C. The molecule has 0 aliphatic heterocycles. The summed E-state index contributed by atoms with van der Waals surface area (Å²) in [6.07, 6.45) is 2.79. The first kappa shape index (κ1) is 15.9. The van der Waals surface area contributed by atoms with Gasteiger partial charge in [-0.25, -0.2) is 4.79 Å². The highest BCUT2D eigenvalue weighted by atomic mass is 16.5. The van der Waals surface area contributed by atoms with Crippen molar-refractivity contribution in [2.75, 3.05) is 6.61 Å². The monoisotopic (exact) mass is 268 g/mol. The van der Waals surface area contributed by atoms with E-state index in [1.807, 2.05) is 0 Å². The Hall–Kier alpha value is -1.19. The van der Waals surface area contributed by atoms with Gasteiger partial charge in [-0.3, -0.25) is 9.59 Å². The first-order valence-corrected chi connectivity index (χ1v) is 7.02. The standard InChI is InChI=1S/C15H24O4/c1-5-19-14(18)12(17)9-11(16)13-10(2)7-6-8-15(13,3)4/h10,13H,5-9H2,1-4H3. The number of ether oxygens (including phenoxy) is 1. The van der Waals surface area contributed by atoms with E-state index >= 15 is 0 Å². The first-order valence-electron chi connectivity index (χ1n) is 7.02. The van der Waals surface area contributed by atoms with Crippen LogP contribution in [0.4, 0.5) is 0 Å². The Kier molecular flexibility index (Phi) is 5.27. The minimum absolute atomic E-state index is 0.0936. The number of esters is 1. The van der Waals surface area contributed by atoms with Gasteiger partial charge >= 0.3 is 5.97 Å². The average molecular weight is 268 g/mol. The van der Waals surface area contributed by atoms with Gasteiger partial charge in [-0.2, -0.15) is 0 Å². The molecule has 1 aliphatic carbocycles. The highest BCUT2D eigenvalue weighted by Gasteiger charge is 2.42. The lowest BCUT2D eigenvalue weighted by molar-refractivity contribution is -0.155. The van der Waals surface area contributed by atoms with Crippen LogP contribution in [0.25, 0.3) is 0 Å². The summed E-state index contributed by atoms with van der Waals surface area (Å²) >= 11 is 0. The second-order valence-electron chi connectivity index (χ2n) is 6.12. The quantitative estimate of drug-likeness (QED) is 0.437. The summed E-state index contributed by atoms with van der Waals surface area (Å²) in [4.78, 5) is 35.2. The summed E-state index contributed by atoms with van der Waals surface area (Å²) < 4.78 is 4.63. The molecule has 1 aliphatic rings. The predicted octanol–water partition coefficient (Wildman–Crippen LogP) is 2.54. The van der Waals surface area contributed by atoms with Crippen LogP contribution in [0.1, 0.15) is 53.4 Å². The Bertz CT molecular complexity index is 370. The lowest BCUT2D eigenvalue weighted by atomic mass is 9.62. The van der Waals surface area contributed by atoms with Crippen molar-refractivity contribution in [3.05, 3.63) is 0 Å². The van der Waals surface area contributed by atoms with E-state index in [0.29, 0.717) is 0 Å². The molecule has 1 fully saturated rings. The Labute approximate surface area is 114 Å². The number of carbonyl (C=O) groups excluding carboxylic acids is 3. The molecular weight excluding hydrogens is 244 g/mol. The first-order chi connectivity index (χ1) is 8.79. The molecule has 0 bridgehead atoms. The molecule has 108 valence electrons. The molecule has 1 rings (SSSR count). The van der Waals surface area contributed by atoms with Crippen molar-refractivity contribution < 1.29 is 19.1 Å². The number of hydrogen-bond donors (Lipinski definition) is 0. The largest absolute Gasteiger partial charge is 0.460 e. The molecule has 2 atom stereocenters. The molecule has 0 radical (unpaired) electrons. The summed E-state index contributed by atoms with van der Waals surface area (Å²) in [7, 11) is 0. The van der Waals surface area contributed by atoms with Gasteiger partial charge in [0.1, 0.15) is 5.78 Å². The van der Waals surface area contributed by atoms with Crippen molar-refractivity contribution in [1.82, 2.24) is 0 Å². The summed E-state index contributed by atoms with van der Waals surface area (Å²) in [5.41, 5.74) is -0.0936. The second kappa shape index (κ2) is 6.31. The molecule has 1 saturated carbocycles. The molecular formula is C15H24O4. The van der Waals surface area contributed by atoms with Crippen LogP contribution in [0.3, 0.4) is 0 Å². The topological polar surface area (TPSA) is 60.4 Å². The van der Waals surface area contributed by atoms with Crippen molar-refractivity contribution in [3.8, 4) is 0 Å². The maximum atomic E-state index is 12.3. The molecule has 0 aromatic carbocycles. The highest BCUT2D eigenvalue weighted by Crippen LogP contribution is 2.44. The van der Waals surface area contributed by atoms with Crippen LogP contribution in [-0.4, -0.2) is 24.1 Å². The predicted molar refractivity (Wildman–Crippen MR) is 71.6 cm³/mol. The maximum Gasteiger partial charge on any atom is 0.375 e. The Morgan fingerprint density at radius 3 is 2.42 bits per heavy atom. The van der Waals surface area contributed by atoms with Gasteiger partial charge in [0, 0.05) is 5.92 Å². The van der Waals surface area contributed by atoms with Crippen molar-refractivity contribution in [2.45, 2.75) is 53.4 Å². The zero-order chi connectivity index (χ0) is 14.6. The van der Waals surface area contributed by atoms with Crippen LogP contribution in [0.2, 0.25) is 0 Å². The molecule has 4 heteroatoms. The minimum Gasteiger partial charge on any atom is -0.460 e. The van der Waals surface area contributed by atoms with E-state index in [-0.39, 0.29) is 36.1 Å². The minimum atomic E-state index is -0.892. The van der Waals surface area contributed by atoms with Gasteiger partial charge in [0.15, 0.2) is 0 Å². The van der Waals surface area contributed by atoms with Gasteiger partial charge in [0.25, 0.3) is 0 Å². The summed E-state index contributed by atoms with van der Waals surface area (Å²) in [5.74, 6) is -1.60. The van der Waals surface area contributed by atoms with Gasteiger partial charge in [-0.05, 0) is 31.1 Å². The van der Waals surface area contributed by atoms with E-state index in [4.69, 9.17) is 0 Å². The van der Waals surface area contributed by atoms with Crippen molar-refractivity contribution in [2.24, 2.45) is 17.3 Å². The van der Waals surface area contributed by atoms with Crippen LogP contribution < -0.4 is 0 Å². The van der Waals surface area contributed by atoms with Gasteiger partial charge < -0.3 is 4.74 Å². The molecule has 0 heterocycles. The smallest absolute Gasteiger partial charge is 0.375 e. The van der Waals surface area contributed by atoms with Crippen LogP contribution in [0.5, 0.6) is 0 Å². The van der Waals surface area contributed by atoms with E-state index in [0.717, 1.165) is 19.3 Å². The molecule has 0 amide bonds. The van der Waals surface area contributed by atoms with E-state index < -0.39 is 11.8 Å². The normalized spacial score (nSPS) is 25.7. The van der Waals surface area contributed by atoms with E-state index in [1.165, 1.54) is 0 Å². The third-order valence-electron chi connectivity index (χ3n) is 4.08. The van der Waals surface area contributed by atoms with Crippen LogP contribution in [0.15, 0.2) is 0 Å². The van der Waals surface area contributed by atoms with Crippen LogP contribution in [0, 0.1) is 17.3 Å². The number of Topliss-reactive ketones (excluding diaryl/α,β-unsaturated/α-hetero) is 2. The summed E-state index contributed by atoms with van der Waals surface area (Å²) in [5, 5.41) is 0. The maximum absolute atomic E-state index is 12.3. The number of carbonyl (C=O) groups is 3. The fourth-order valence-corrected chi connectivity index (χ4v) is 3.28. The molecule has 0 N–H and O–H groups in total. The highest BCUT2D eigenvalue weighted by molar-refractivity contribution is 6.37. The molecule has 2 unspecified atom stereocenters. The van der Waals surface area contributed by atoms with E-state index in [9.17, 15) is 14.4 Å². The van der Waals surface area contributed by atoms with Crippen molar-refractivity contribution >= 4 is 17.5 Å². The average Bonchev–Trinajstić information content (AvgIpc) is 2.27. The molecule has 0 aromatic heterocycles. The van der Waals surface area contributed by atoms with E-state index in [1.54, 1.807) is 6.92 Å². The Balaban J connectivity index is 2.70. The third-order valence-corrected chi connectivity index (χ3v) is 4.08.